The van der Waals surface area contributed by atoms with Crippen LogP contribution in [0.25, 0.3) is 0 Å². The molecule has 21 heavy (non-hydrogen) atoms. The zero-order valence-electron chi connectivity index (χ0n) is 13.0. The van der Waals surface area contributed by atoms with Crippen LogP contribution >= 0.6 is 11.6 Å². The monoisotopic (exact) mass is 313 g/mol. The predicted molar refractivity (Wildman–Crippen MR) is 86.3 cm³/mol. The van der Waals surface area contributed by atoms with Crippen molar-refractivity contribution < 1.29 is 4.79 Å². The first-order valence-electron chi connectivity index (χ1n) is 6.92. The second kappa shape index (κ2) is 8.17. The Morgan fingerprint density at radius 3 is 2.62 bits per heavy atom. The number of pyridine rings is 1. The highest BCUT2D eigenvalue weighted by Crippen LogP contribution is 2.17. The van der Waals surface area contributed by atoms with Gasteiger partial charge in [0.05, 0.1) is 5.02 Å². The van der Waals surface area contributed by atoms with Crippen LogP contribution in [0.3, 0.4) is 0 Å². The molecule has 4 N–H and O–H groups in total. The lowest BCUT2D eigenvalue weighted by molar-refractivity contribution is 0.0920. The summed E-state index contributed by atoms with van der Waals surface area (Å²) >= 11 is 6.04. The average molecular weight is 314 g/mol. The lowest BCUT2D eigenvalue weighted by atomic mass is 10.0. The van der Waals surface area contributed by atoms with Crippen molar-refractivity contribution in [2.75, 3.05) is 26.1 Å². The van der Waals surface area contributed by atoms with E-state index < -0.39 is 0 Å². The van der Waals surface area contributed by atoms with Gasteiger partial charge in [-0.25, -0.2) is 10.8 Å². The molecular formula is C14H24ClN5O. The minimum absolute atomic E-state index is 0.0415. The Bertz CT molecular complexity index is 468. The van der Waals surface area contributed by atoms with Crippen molar-refractivity contribution in [1.82, 2.24) is 15.2 Å². The summed E-state index contributed by atoms with van der Waals surface area (Å²) in [5.41, 5.74) is 2.59. The van der Waals surface area contributed by atoms with Gasteiger partial charge in [0.1, 0.15) is 11.5 Å². The molecule has 1 aromatic heterocycles. The topological polar surface area (TPSA) is 83.3 Å². The zero-order valence-corrected chi connectivity index (χ0v) is 13.7. The van der Waals surface area contributed by atoms with Crippen molar-refractivity contribution in [3.8, 4) is 0 Å². The van der Waals surface area contributed by atoms with E-state index in [1.807, 2.05) is 19.0 Å². The normalized spacial score (nSPS) is 12.6. The van der Waals surface area contributed by atoms with Crippen molar-refractivity contribution >= 4 is 23.3 Å². The Labute approximate surface area is 131 Å². The molecule has 0 aliphatic rings. The van der Waals surface area contributed by atoms with E-state index in [4.69, 9.17) is 17.4 Å². The summed E-state index contributed by atoms with van der Waals surface area (Å²) in [5.74, 6) is 5.90. The summed E-state index contributed by atoms with van der Waals surface area (Å²) in [4.78, 5) is 18.5. The smallest absolute Gasteiger partial charge is 0.271 e. The lowest BCUT2D eigenvalue weighted by Crippen LogP contribution is -2.42. The van der Waals surface area contributed by atoms with Crippen LogP contribution in [-0.2, 0) is 0 Å². The van der Waals surface area contributed by atoms with Crippen LogP contribution < -0.4 is 16.6 Å². The molecule has 0 aliphatic heterocycles. The maximum absolute atomic E-state index is 12.4. The van der Waals surface area contributed by atoms with Gasteiger partial charge in [0, 0.05) is 12.6 Å². The number of hydrazine groups is 1. The molecule has 0 saturated carbocycles. The van der Waals surface area contributed by atoms with Gasteiger partial charge >= 0.3 is 0 Å². The number of likely N-dealkylation sites (N-methyl/N-ethyl adjacent to an activating group) is 1. The van der Waals surface area contributed by atoms with Gasteiger partial charge in [-0.1, -0.05) is 25.4 Å². The molecule has 1 amide bonds. The molecule has 0 radical (unpaired) electrons. The minimum atomic E-state index is -0.287. The van der Waals surface area contributed by atoms with Gasteiger partial charge in [-0.3, -0.25) is 4.79 Å². The number of hydrogen-bond donors (Lipinski definition) is 3. The fourth-order valence-corrected chi connectivity index (χ4v) is 2.32. The highest BCUT2D eigenvalue weighted by atomic mass is 35.5. The van der Waals surface area contributed by atoms with Crippen molar-refractivity contribution in [2.24, 2.45) is 11.8 Å². The standard InChI is InChI=1S/C14H24ClN5O/c1-9(2)7-10(8-20(3)4)17-14(21)13-11(15)5-6-12(18-13)19-16/h5-6,9-10H,7-8,16H2,1-4H3,(H,17,21)(H,18,19). The first-order chi connectivity index (χ1) is 9.83. The van der Waals surface area contributed by atoms with Crippen molar-refractivity contribution in [2.45, 2.75) is 26.3 Å². The third-order valence-corrected chi connectivity index (χ3v) is 3.19. The van der Waals surface area contributed by atoms with Crippen LogP contribution in [0.4, 0.5) is 5.82 Å². The van der Waals surface area contributed by atoms with E-state index in [-0.39, 0.29) is 17.6 Å². The number of carbonyl (C=O) groups is 1. The molecule has 0 saturated heterocycles. The number of amides is 1. The molecule has 1 aromatic rings. The molecule has 0 aromatic carbocycles. The Morgan fingerprint density at radius 2 is 2.10 bits per heavy atom. The number of halogens is 1. The molecule has 6 nitrogen and oxygen atoms in total. The van der Waals surface area contributed by atoms with Gasteiger partial charge < -0.3 is 15.6 Å². The van der Waals surface area contributed by atoms with Gasteiger partial charge in [0.2, 0.25) is 0 Å². The van der Waals surface area contributed by atoms with Crippen LogP contribution in [0, 0.1) is 5.92 Å². The van der Waals surface area contributed by atoms with Crippen LogP contribution in [0.1, 0.15) is 30.8 Å². The number of anilines is 1. The number of nitrogen functional groups attached to an aromatic ring is 1. The first-order valence-corrected chi connectivity index (χ1v) is 7.30. The number of aromatic nitrogens is 1. The average Bonchev–Trinajstić information content (AvgIpc) is 2.37. The molecule has 7 heteroatoms. The Balaban J connectivity index is 2.85. The van der Waals surface area contributed by atoms with E-state index in [0.717, 1.165) is 13.0 Å². The summed E-state index contributed by atoms with van der Waals surface area (Å²) in [6, 6.07) is 3.26. The second-order valence-corrected chi connectivity index (χ2v) is 6.14. The van der Waals surface area contributed by atoms with E-state index in [1.165, 1.54) is 0 Å². The fraction of sp³-hybridized carbons (Fsp3) is 0.571. The van der Waals surface area contributed by atoms with Crippen LogP contribution in [-0.4, -0.2) is 42.5 Å². The molecule has 0 spiro atoms. The minimum Gasteiger partial charge on any atom is -0.347 e. The summed E-state index contributed by atoms with van der Waals surface area (Å²) in [7, 11) is 3.95. The number of nitrogens with zero attached hydrogens (tertiary/aromatic N) is 2. The maximum atomic E-state index is 12.4. The lowest BCUT2D eigenvalue weighted by Gasteiger charge is -2.24. The van der Waals surface area contributed by atoms with Crippen molar-refractivity contribution in [1.29, 1.82) is 0 Å². The van der Waals surface area contributed by atoms with E-state index in [0.29, 0.717) is 16.8 Å². The van der Waals surface area contributed by atoms with Crippen molar-refractivity contribution in [3.05, 3.63) is 22.8 Å². The van der Waals surface area contributed by atoms with E-state index >= 15 is 0 Å². The molecule has 0 fully saturated rings. The SMILES string of the molecule is CC(C)CC(CN(C)C)NC(=O)c1nc(NN)ccc1Cl. The highest BCUT2D eigenvalue weighted by Gasteiger charge is 2.19. The molecular weight excluding hydrogens is 290 g/mol. The summed E-state index contributed by atoms with van der Waals surface area (Å²) < 4.78 is 0. The fourth-order valence-electron chi connectivity index (χ4n) is 2.12. The summed E-state index contributed by atoms with van der Waals surface area (Å²) in [5, 5.41) is 3.30. The van der Waals surface area contributed by atoms with Gasteiger partial charge in [-0.15, -0.1) is 0 Å². The van der Waals surface area contributed by atoms with Gasteiger partial charge in [-0.2, -0.15) is 0 Å². The Morgan fingerprint density at radius 1 is 1.43 bits per heavy atom. The molecule has 1 atom stereocenters. The van der Waals surface area contributed by atoms with Crippen LogP contribution in [0.2, 0.25) is 5.02 Å². The van der Waals surface area contributed by atoms with Crippen molar-refractivity contribution in [3.63, 3.8) is 0 Å². The summed E-state index contributed by atoms with van der Waals surface area (Å²) in [6.45, 7) is 5.01. The molecule has 1 heterocycles. The van der Waals surface area contributed by atoms with E-state index in [9.17, 15) is 4.79 Å². The van der Waals surface area contributed by atoms with Gasteiger partial charge in [0.25, 0.3) is 5.91 Å². The Hall–Kier alpha value is -1.37. The third-order valence-electron chi connectivity index (χ3n) is 2.89. The number of rotatable bonds is 7. The largest absolute Gasteiger partial charge is 0.347 e. The summed E-state index contributed by atoms with van der Waals surface area (Å²) in [6.07, 6.45) is 0.885. The number of hydrogen-bond acceptors (Lipinski definition) is 5. The van der Waals surface area contributed by atoms with Crippen LogP contribution in [0.15, 0.2) is 12.1 Å². The van der Waals surface area contributed by atoms with E-state index in [1.54, 1.807) is 12.1 Å². The molecule has 1 unspecified atom stereocenters. The predicted octanol–water partition coefficient (Wildman–Crippen LogP) is 1.73. The van der Waals surface area contributed by atoms with Gasteiger partial charge in [-0.05, 0) is 38.6 Å². The third kappa shape index (κ3) is 5.87. The molecule has 1 rings (SSSR count). The molecule has 0 bridgehead atoms. The van der Waals surface area contributed by atoms with Crippen LogP contribution in [0.5, 0.6) is 0 Å². The number of nitrogens with one attached hydrogen (secondary N) is 2. The molecule has 118 valence electrons. The first kappa shape index (κ1) is 17.7. The molecule has 0 aliphatic carbocycles. The maximum Gasteiger partial charge on any atom is 0.271 e. The van der Waals surface area contributed by atoms with E-state index in [2.05, 4.69) is 29.6 Å². The Kier molecular flexibility index (Phi) is 6.87. The van der Waals surface area contributed by atoms with Gasteiger partial charge in [0.15, 0.2) is 0 Å². The number of nitrogens with two attached hydrogens (primary N) is 1. The second-order valence-electron chi connectivity index (χ2n) is 5.73. The quantitative estimate of drug-likeness (QED) is 0.527. The highest BCUT2D eigenvalue weighted by molar-refractivity contribution is 6.33. The number of carbonyl (C=O) groups excluding carboxylic acids is 1. The zero-order chi connectivity index (χ0) is 16.0.